The van der Waals surface area contributed by atoms with Gasteiger partial charge in [-0.25, -0.2) is 13.2 Å². The Hall–Kier alpha value is -2.70. The molecule has 5 atom stereocenters. The van der Waals surface area contributed by atoms with E-state index in [1.807, 2.05) is 6.92 Å². The first-order valence-electron chi connectivity index (χ1n) is 21.0. The highest BCUT2D eigenvalue weighted by molar-refractivity contribution is 7.92. The molecule has 1 heterocycles. The number of hydrogen-bond donors (Lipinski definition) is 4. The summed E-state index contributed by atoms with van der Waals surface area (Å²) >= 11 is 0. The highest BCUT2D eigenvalue weighted by atomic mass is 32.2. The van der Waals surface area contributed by atoms with Crippen molar-refractivity contribution in [2.45, 2.75) is 173 Å². The van der Waals surface area contributed by atoms with Crippen LogP contribution in [0.1, 0.15) is 144 Å². The summed E-state index contributed by atoms with van der Waals surface area (Å²) in [5.74, 6) is -1.34. The average Bonchev–Trinajstić information content (AvgIpc) is 4.05. The molecule has 6 aliphatic rings. The molecular formula is C41H67N5O7S. The van der Waals surface area contributed by atoms with Crippen molar-refractivity contribution < 1.29 is 32.4 Å². The van der Waals surface area contributed by atoms with Crippen LogP contribution in [0, 0.1) is 34.5 Å². The van der Waals surface area contributed by atoms with Crippen molar-refractivity contribution in [3.63, 3.8) is 0 Å². The number of carbonyl (C=O) groups excluding carboxylic acids is 5. The first-order valence-corrected chi connectivity index (χ1v) is 22.7. The Morgan fingerprint density at radius 1 is 0.815 bits per heavy atom. The number of nitrogens with zero attached hydrogens (tertiary/aromatic N) is 1. The molecule has 5 amide bonds. The van der Waals surface area contributed by atoms with Crippen molar-refractivity contribution in [2.24, 2.45) is 34.5 Å². The van der Waals surface area contributed by atoms with E-state index < -0.39 is 67.3 Å². The van der Waals surface area contributed by atoms with Crippen molar-refractivity contribution >= 4 is 39.4 Å². The number of sulfone groups is 1. The number of piperidine rings is 1. The molecule has 0 aromatic carbocycles. The second kappa shape index (κ2) is 15.3. The summed E-state index contributed by atoms with van der Waals surface area (Å²) in [6, 6.07) is -3.31. The lowest BCUT2D eigenvalue weighted by Gasteiger charge is -2.44. The third kappa shape index (κ3) is 8.96. The normalized spacial score (nSPS) is 28.2. The number of hydrogen-bond acceptors (Lipinski definition) is 7. The third-order valence-electron chi connectivity index (χ3n) is 14.2. The summed E-state index contributed by atoms with van der Waals surface area (Å²) in [4.78, 5) is 71.7. The predicted molar refractivity (Wildman–Crippen MR) is 207 cm³/mol. The zero-order chi connectivity index (χ0) is 39.3. The van der Waals surface area contributed by atoms with Gasteiger partial charge in [-0.2, -0.15) is 0 Å². The molecule has 0 aromatic rings. The summed E-state index contributed by atoms with van der Waals surface area (Å²) in [7, 11) is -3.56. The van der Waals surface area contributed by atoms with Gasteiger partial charge >= 0.3 is 6.03 Å². The summed E-state index contributed by atoms with van der Waals surface area (Å²) in [6.07, 6.45) is 13.3. The maximum Gasteiger partial charge on any atom is 0.315 e. The lowest BCUT2D eigenvalue weighted by Crippen LogP contribution is -2.65. The van der Waals surface area contributed by atoms with Crippen LogP contribution in [0.4, 0.5) is 4.79 Å². The van der Waals surface area contributed by atoms with Crippen LogP contribution in [-0.4, -0.2) is 90.1 Å². The number of urea groups is 1. The Balaban J connectivity index is 1.23. The monoisotopic (exact) mass is 773 g/mol. The van der Waals surface area contributed by atoms with Crippen LogP contribution >= 0.6 is 0 Å². The number of likely N-dealkylation sites (tertiary alicyclic amines) is 1. The van der Waals surface area contributed by atoms with E-state index in [0.29, 0.717) is 44.2 Å². The van der Waals surface area contributed by atoms with Gasteiger partial charge < -0.3 is 26.2 Å². The molecule has 1 unspecified atom stereocenters. The molecule has 4 N–H and O–H groups in total. The van der Waals surface area contributed by atoms with Gasteiger partial charge in [-0.15, -0.1) is 0 Å². The van der Waals surface area contributed by atoms with Gasteiger partial charge in [0.05, 0.1) is 22.1 Å². The van der Waals surface area contributed by atoms with Gasteiger partial charge in [0.15, 0.2) is 9.84 Å². The molecule has 1 aliphatic heterocycles. The fourth-order valence-corrected chi connectivity index (χ4v) is 11.3. The van der Waals surface area contributed by atoms with Crippen LogP contribution in [0.15, 0.2) is 0 Å². The van der Waals surface area contributed by atoms with E-state index in [1.54, 1.807) is 25.7 Å². The Morgan fingerprint density at radius 3 is 1.98 bits per heavy atom. The average molecular weight is 774 g/mol. The minimum Gasteiger partial charge on any atom is -0.349 e. The highest BCUT2D eigenvalue weighted by Crippen LogP contribution is 2.65. The van der Waals surface area contributed by atoms with E-state index in [-0.39, 0.29) is 28.9 Å². The number of nitrogens with one attached hydrogen (secondary N) is 4. The lowest BCUT2D eigenvalue weighted by atomic mass is 9.70. The SMILES string of the molecule is CC1([C@H](NC(=O)NC2(CS(=O)(=O)C(C)(C)C)CCCCC2)C(=O)N2C[C@H]3[C@@H]([C@H]2C(=O)NC(CCC2CC2)C(=O)C(=O)NCC2CC2)C3(C)C)CCCCC1. The Morgan fingerprint density at radius 2 is 1.41 bits per heavy atom. The van der Waals surface area contributed by atoms with Crippen molar-refractivity contribution in [2.75, 3.05) is 18.8 Å². The second-order valence-electron chi connectivity index (χ2n) is 19.9. The molecule has 5 saturated carbocycles. The van der Waals surface area contributed by atoms with Crippen LogP contribution < -0.4 is 21.3 Å². The molecule has 0 bridgehead atoms. The van der Waals surface area contributed by atoms with Crippen LogP contribution in [0.5, 0.6) is 0 Å². The minimum absolute atomic E-state index is 0.0846. The van der Waals surface area contributed by atoms with Gasteiger partial charge in [0.25, 0.3) is 5.91 Å². The molecule has 0 radical (unpaired) electrons. The van der Waals surface area contributed by atoms with Crippen LogP contribution in [0.2, 0.25) is 0 Å². The molecule has 54 heavy (non-hydrogen) atoms. The smallest absolute Gasteiger partial charge is 0.315 e. The maximum absolute atomic E-state index is 15.0. The van der Waals surface area contributed by atoms with Crippen molar-refractivity contribution in [3.8, 4) is 0 Å². The molecule has 13 heteroatoms. The van der Waals surface area contributed by atoms with Crippen molar-refractivity contribution in [3.05, 3.63) is 0 Å². The second-order valence-corrected chi connectivity index (χ2v) is 22.7. The van der Waals surface area contributed by atoms with E-state index in [0.717, 1.165) is 83.5 Å². The highest BCUT2D eigenvalue weighted by Gasteiger charge is 2.70. The first-order chi connectivity index (χ1) is 25.3. The lowest BCUT2D eigenvalue weighted by molar-refractivity contribution is -0.146. The summed E-state index contributed by atoms with van der Waals surface area (Å²) in [5.41, 5.74) is -1.70. The molecule has 12 nitrogen and oxygen atoms in total. The number of amides is 5. The zero-order valence-corrected chi connectivity index (χ0v) is 34.5. The fourth-order valence-electron chi connectivity index (χ4n) is 9.82. The van der Waals surface area contributed by atoms with Gasteiger partial charge in [-0.05, 0) is 107 Å². The molecule has 5 aliphatic carbocycles. The van der Waals surface area contributed by atoms with E-state index in [2.05, 4.69) is 35.1 Å². The van der Waals surface area contributed by atoms with E-state index >= 15 is 0 Å². The van der Waals surface area contributed by atoms with Crippen molar-refractivity contribution in [1.82, 2.24) is 26.2 Å². The number of ketones is 1. The van der Waals surface area contributed by atoms with E-state index in [4.69, 9.17) is 0 Å². The standard InChI is InChI=1S/C41H67N5O7S/c1-38(2,3)54(52,53)25-41(21-11-8-12-22-41)45-37(51)44-33(40(6)19-9-7-10-20-40)36(50)46-24-28-30(39(28,4)5)31(46)34(48)43-29(18-17-26-13-14-26)32(47)35(49)42-23-27-15-16-27/h26-31,33H,7-25H2,1-6H3,(H,42,49)(H,43,48)(H2,44,45,51)/t28-,29?,30-,31-,33+/m0/s1. The molecular weight excluding hydrogens is 707 g/mol. The largest absolute Gasteiger partial charge is 0.349 e. The van der Waals surface area contributed by atoms with Crippen LogP contribution in [0.3, 0.4) is 0 Å². The number of Topliss-reactive ketones (excluding diaryl/α,β-unsaturated/α-hetero) is 1. The molecule has 0 aromatic heterocycles. The Bertz CT molecular complexity index is 1570. The van der Waals surface area contributed by atoms with Gasteiger partial charge in [-0.3, -0.25) is 19.2 Å². The topological polar surface area (TPSA) is 171 Å². The molecule has 1 saturated heterocycles. The summed E-state index contributed by atoms with van der Waals surface area (Å²) in [6.45, 7) is 12.1. The van der Waals surface area contributed by atoms with Gasteiger partial charge in [0, 0.05) is 13.1 Å². The first kappa shape index (κ1) is 40.9. The Kier molecular flexibility index (Phi) is 11.6. The fraction of sp³-hybridized carbons (Fsp3) is 0.878. The Labute approximate surface area is 323 Å². The summed E-state index contributed by atoms with van der Waals surface area (Å²) in [5, 5.41) is 11.9. The third-order valence-corrected chi connectivity index (χ3v) is 17.0. The number of carbonyl (C=O) groups is 5. The molecule has 6 fully saturated rings. The van der Waals surface area contributed by atoms with Crippen molar-refractivity contribution in [1.29, 1.82) is 0 Å². The van der Waals surface area contributed by atoms with E-state index in [9.17, 15) is 32.4 Å². The predicted octanol–water partition coefficient (Wildman–Crippen LogP) is 4.79. The number of rotatable bonds is 15. The zero-order valence-electron chi connectivity index (χ0n) is 33.7. The van der Waals surface area contributed by atoms with E-state index in [1.165, 1.54) is 0 Å². The molecule has 0 spiro atoms. The van der Waals surface area contributed by atoms with Crippen LogP contribution in [0.25, 0.3) is 0 Å². The van der Waals surface area contributed by atoms with Gasteiger partial charge in [-0.1, -0.05) is 72.1 Å². The minimum atomic E-state index is -3.56. The summed E-state index contributed by atoms with van der Waals surface area (Å²) < 4.78 is 26.0. The quantitative estimate of drug-likeness (QED) is 0.173. The molecule has 304 valence electrons. The number of fused-ring (bicyclic) bond motifs is 1. The molecule has 6 rings (SSSR count). The maximum atomic E-state index is 15.0. The van der Waals surface area contributed by atoms with Gasteiger partial charge in [0.1, 0.15) is 12.1 Å². The van der Waals surface area contributed by atoms with Crippen LogP contribution in [-0.2, 0) is 29.0 Å². The van der Waals surface area contributed by atoms with Gasteiger partial charge in [0.2, 0.25) is 17.6 Å².